The maximum Gasteiger partial charge on any atom is 0.223 e. The number of aromatic nitrogens is 1. The Labute approximate surface area is 213 Å². The van der Waals surface area contributed by atoms with Crippen molar-refractivity contribution < 1.29 is 9.59 Å². The second-order valence-corrected chi connectivity index (χ2v) is 9.74. The van der Waals surface area contributed by atoms with Crippen molar-refractivity contribution in [3.8, 4) is 23.5 Å². The molecule has 1 aliphatic rings. The number of carbonyl (C=O) groups excluding carboxylic acids is 2. The van der Waals surface area contributed by atoms with Gasteiger partial charge in [-0.05, 0) is 48.4 Å². The molecule has 3 aromatic rings. The van der Waals surface area contributed by atoms with E-state index in [0.717, 1.165) is 37.4 Å². The molecular weight excluding hydrogens is 452 g/mol. The molecule has 0 bridgehead atoms. The molecule has 2 heterocycles. The summed E-state index contributed by atoms with van der Waals surface area (Å²) in [5, 5.41) is 2.84. The zero-order chi connectivity index (χ0) is 25.2. The standard InChI is InChI=1S/C15H18N2O2S.C15H16/c1-3-4-5-14(19)17-8-6-12(7-9-17)15-16-13(10-20-15)11(2)18;1-3-13-8-10-14(11-9-13)15-7-5-4-6-12(15)2/h1,10,12H,4-9H2,2H3;4-11H,3H2,1-2H3. The van der Waals surface area contributed by atoms with Crippen molar-refractivity contribution in [3.63, 3.8) is 0 Å². The Bertz CT molecular complexity index is 1170. The van der Waals surface area contributed by atoms with Crippen molar-refractivity contribution in [3.05, 3.63) is 75.7 Å². The minimum absolute atomic E-state index is 0.00870. The van der Waals surface area contributed by atoms with Crippen LogP contribution in [0.3, 0.4) is 0 Å². The third kappa shape index (κ3) is 7.37. The maximum atomic E-state index is 11.9. The first-order valence-corrected chi connectivity index (χ1v) is 13.1. The van der Waals surface area contributed by atoms with Gasteiger partial charge in [-0.25, -0.2) is 4.98 Å². The summed E-state index contributed by atoms with van der Waals surface area (Å²) in [6, 6.07) is 17.3. The van der Waals surface area contributed by atoms with E-state index in [2.05, 4.69) is 73.3 Å². The number of terminal acetylenes is 1. The molecule has 0 saturated carbocycles. The number of piperidine rings is 1. The second kappa shape index (κ2) is 13.0. The number of benzene rings is 2. The lowest BCUT2D eigenvalue weighted by atomic mass is 9.97. The fourth-order valence-corrected chi connectivity index (χ4v) is 5.20. The number of ketones is 1. The molecule has 1 saturated heterocycles. The highest BCUT2D eigenvalue weighted by molar-refractivity contribution is 7.09. The van der Waals surface area contributed by atoms with Crippen LogP contribution in [-0.4, -0.2) is 34.7 Å². The van der Waals surface area contributed by atoms with Crippen LogP contribution in [0, 0.1) is 19.3 Å². The van der Waals surface area contributed by atoms with E-state index in [1.165, 1.54) is 29.2 Å². The molecule has 0 unspecified atom stereocenters. The third-order valence-electron chi connectivity index (χ3n) is 6.38. The molecule has 4 rings (SSSR count). The highest BCUT2D eigenvalue weighted by Crippen LogP contribution is 2.30. The number of thiazole rings is 1. The molecule has 182 valence electrons. The van der Waals surface area contributed by atoms with Gasteiger partial charge < -0.3 is 4.90 Å². The van der Waals surface area contributed by atoms with E-state index in [1.807, 2.05) is 10.3 Å². The van der Waals surface area contributed by atoms with Crippen LogP contribution < -0.4 is 0 Å². The molecule has 2 aromatic carbocycles. The van der Waals surface area contributed by atoms with Gasteiger partial charge in [0.25, 0.3) is 0 Å². The number of hydrogen-bond donors (Lipinski definition) is 0. The van der Waals surface area contributed by atoms with Crippen molar-refractivity contribution in [2.45, 2.75) is 58.8 Å². The molecule has 1 amide bonds. The first-order chi connectivity index (χ1) is 16.9. The summed E-state index contributed by atoms with van der Waals surface area (Å²) in [5.74, 6) is 3.02. The van der Waals surface area contributed by atoms with Crippen molar-refractivity contribution in [2.24, 2.45) is 0 Å². The summed E-state index contributed by atoms with van der Waals surface area (Å²) in [6.45, 7) is 7.38. The van der Waals surface area contributed by atoms with Crippen molar-refractivity contribution in [1.82, 2.24) is 9.88 Å². The molecule has 1 aliphatic heterocycles. The molecule has 1 aromatic heterocycles. The number of rotatable bonds is 6. The number of Topliss-reactive ketones (excluding diaryl/α,β-unsaturated/α-hetero) is 1. The Balaban J connectivity index is 0.000000203. The number of carbonyl (C=O) groups is 2. The van der Waals surface area contributed by atoms with Gasteiger partial charge in [0.15, 0.2) is 5.78 Å². The van der Waals surface area contributed by atoms with Crippen LogP contribution in [0.4, 0.5) is 0 Å². The van der Waals surface area contributed by atoms with Gasteiger partial charge in [0, 0.05) is 44.2 Å². The molecule has 0 atom stereocenters. The molecule has 0 aliphatic carbocycles. The molecule has 5 heteroatoms. The normalized spacial score (nSPS) is 13.5. The molecule has 1 fully saturated rings. The van der Waals surface area contributed by atoms with Gasteiger partial charge in [0.1, 0.15) is 5.69 Å². The van der Waals surface area contributed by atoms with E-state index in [1.54, 1.807) is 11.3 Å². The Hall–Kier alpha value is -3.23. The monoisotopic (exact) mass is 486 g/mol. The first-order valence-electron chi connectivity index (χ1n) is 12.3. The number of likely N-dealkylation sites (tertiary alicyclic amines) is 1. The Morgan fingerprint density at radius 1 is 1.11 bits per heavy atom. The van der Waals surface area contributed by atoms with Crippen LogP contribution in [0.2, 0.25) is 0 Å². The van der Waals surface area contributed by atoms with Crippen LogP contribution in [0.5, 0.6) is 0 Å². The average Bonchev–Trinajstić information content (AvgIpc) is 3.39. The lowest BCUT2D eigenvalue weighted by Crippen LogP contribution is -2.37. The van der Waals surface area contributed by atoms with Crippen LogP contribution >= 0.6 is 11.3 Å². The fourth-order valence-electron chi connectivity index (χ4n) is 4.17. The number of nitrogens with zero attached hydrogens (tertiary/aromatic N) is 2. The molecule has 4 nitrogen and oxygen atoms in total. The Kier molecular flexibility index (Phi) is 9.81. The summed E-state index contributed by atoms with van der Waals surface area (Å²) in [7, 11) is 0. The van der Waals surface area contributed by atoms with E-state index < -0.39 is 0 Å². The second-order valence-electron chi connectivity index (χ2n) is 8.85. The lowest BCUT2D eigenvalue weighted by molar-refractivity contribution is -0.132. The van der Waals surface area contributed by atoms with Crippen LogP contribution in [0.25, 0.3) is 11.1 Å². The summed E-state index contributed by atoms with van der Waals surface area (Å²) in [4.78, 5) is 29.4. The Morgan fingerprint density at radius 2 is 1.80 bits per heavy atom. The van der Waals surface area contributed by atoms with Gasteiger partial charge in [-0.2, -0.15) is 0 Å². The molecule has 0 N–H and O–H groups in total. The zero-order valence-corrected chi connectivity index (χ0v) is 21.7. The summed E-state index contributed by atoms with van der Waals surface area (Å²) < 4.78 is 0. The highest BCUT2D eigenvalue weighted by Gasteiger charge is 2.25. The summed E-state index contributed by atoms with van der Waals surface area (Å²) in [5.41, 5.74) is 5.93. The smallest absolute Gasteiger partial charge is 0.223 e. The van der Waals surface area contributed by atoms with E-state index >= 15 is 0 Å². The van der Waals surface area contributed by atoms with Crippen molar-refractivity contribution >= 4 is 23.0 Å². The quantitative estimate of drug-likeness (QED) is 0.288. The van der Waals surface area contributed by atoms with Crippen molar-refractivity contribution in [2.75, 3.05) is 13.1 Å². The molecule has 0 spiro atoms. The third-order valence-corrected chi connectivity index (χ3v) is 7.39. The van der Waals surface area contributed by atoms with E-state index in [-0.39, 0.29) is 11.7 Å². The van der Waals surface area contributed by atoms with Crippen LogP contribution in [0.1, 0.15) is 72.1 Å². The summed E-state index contributed by atoms with van der Waals surface area (Å²) >= 11 is 1.55. The molecule has 0 radical (unpaired) electrons. The minimum Gasteiger partial charge on any atom is -0.343 e. The van der Waals surface area contributed by atoms with Crippen LogP contribution in [0.15, 0.2) is 53.9 Å². The van der Waals surface area contributed by atoms with Gasteiger partial charge in [-0.15, -0.1) is 23.7 Å². The predicted molar refractivity (Wildman–Crippen MR) is 145 cm³/mol. The largest absolute Gasteiger partial charge is 0.343 e. The molecule has 35 heavy (non-hydrogen) atoms. The van der Waals surface area contributed by atoms with Gasteiger partial charge in [0.2, 0.25) is 5.91 Å². The molecular formula is C30H34N2O2S. The van der Waals surface area contributed by atoms with E-state index in [4.69, 9.17) is 6.42 Å². The van der Waals surface area contributed by atoms with Crippen LogP contribution in [-0.2, 0) is 11.2 Å². The highest BCUT2D eigenvalue weighted by atomic mass is 32.1. The Morgan fingerprint density at radius 3 is 2.37 bits per heavy atom. The first kappa shape index (κ1) is 26.4. The van der Waals surface area contributed by atoms with Gasteiger partial charge in [0.05, 0.1) is 5.01 Å². The van der Waals surface area contributed by atoms with Gasteiger partial charge in [-0.3, -0.25) is 9.59 Å². The van der Waals surface area contributed by atoms with E-state index in [0.29, 0.717) is 24.5 Å². The van der Waals surface area contributed by atoms with E-state index in [9.17, 15) is 9.59 Å². The fraction of sp³-hybridized carbons (Fsp3) is 0.367. The average molecular weight is 487 g/mol. The zero-order valence-electron chi connectivity index (χ0n) is 20.9. The SMILES string of the molecule is C#CCCC(=O)N1CCC(c2nc(C(C)=O)cs2)CC1.CCc1ccc(-c2ccccc2C)cc1. The number of aryl methyl sites for hydroxylation is 2. The predicted octanol–water partition coefficient (Wildman–Crippen LogP) is 6.69. The number of hydrogen-bond acceptors (Lipinski definition) is 4. The minimum atomic E-state index is 0.00870. The topological polar surface area (TPSA) is 50.3 Å². The summed E-state index contributed by atoms with van der Waals surface area (Å²) in [6.07, 6.45) is 9.04. The van der Waals surface area contributed by atoms with Crippen molar-refractivity contribution in [1.29, 1.82) is 0 Å². The van der Waals surface area contributed by atoms with Gasteiger partial charge in [-0.1, -0.05) is 55.5 Å². The lowest BCUT2D eigenvalue weighted by Gasteiger charge is -2.31. The van der Waals surface area contributed by atoms with Gasteiger partial charge >= 0.3 is 0 Å². The number of amides is 1. The maximum absolute atomic E-state index is 11.9.